The van der Waals surface area contributed by atoms with Gasteiger partial charge in [-0.05, 0) is 37.1 Å². The van der Waals surface area contributed by atoms with Crippen molar-refractivity contribution in [2.24, 2.45) is 5.73 Å². The zero-order chi connectivity index (χ0) is 14.5. The molecule has 20 heavy (non-hydrogen) atoms. The van der Waals surface area contributed by atoms with Crippen molar-refractivity contribution >= 4 is 11.6 Å². The molecule has 1 aromatic rings. The molecular formula is C16H25N3O. The van der Waals surface area contributed by atoms with E-state index in [2.05, 4.69) is 5.32 Å². The minimum atomic E-state index is -0.0161. The molecule has 4 heteroatoms. The first-order valence-electron chi connectivity index (χ1n) is 7.42. The first kappa shape index (κ1) is 14.9. The van der Waals surface area contributed by atoms with Crippen molar-refractivity contribution in [1.29, 1.82) is 0 Å². The highest BCUT2D eigenvalue weighted by atomic mass is 16.1. The van der Waals surface area contributed by atoms with Gasteiger partial charge in [0.2, 0.25) is 0 Å². The molecule has 1 aliphatic rings. The van der Waals surface area contributed by atoms with E-state index in [4.69, 9.17) is 5.73 Å². The molecule has 2 unspecified atom stereocenters. The number of hydrogen-bond donors (Lipinski definition) is 2. The van der Waals surface area contributed by atoms with E-state index in [1.165, 1.54) is 12.8 Å². The second-order valence-electron chi connectivity index (χ2n) is 5.82. The van der Waals surface area contributed by atoms with Crippen LogP contribution in [0.2, 0.25) is 0 Å². The molecule has 110 valence electrons. The molecule has 1 aromatic carbocycles. The monoisotopic (exact) mass is 275 g/mol. The van der Waals surface area contributed by atoms with Gasteiger partial charge in [-0.25, -0.2) is 0 Å². The van der Waals surface area contributed by atoms with Crippen molar-refractivity contribution in [2.75, 3.05) is 19.0 Å². The van der Waals surface area contributed by atoms with E-state index in [-0.39, 0.29) is 18.0 Å². The van der Waals surface area contributed by atoms with Gasteiger partial charge in [0.1, 0.15) is 0 Å². The molecule has 3 N–H and O–H groups in total. The molecule has 1 fully saturated rings. The number of anilines is 1. The Labute approximate surface area is 121 Å². The highest BCUT2D eigenvalue weighted by Crippen LogP contribution is 2.18. The third-order valence-corrected chi connectivity index (χ3v) is 4.03. The largest absolute Gasteiger partial charge is 0.378 e. The number of hydrogen-bond acceptors (Lipinski definition) is 3. The predicted molar refractivity (Wildman–Crippen MR) is 83.1 cm³/mol. The average Bonchev–Trinajstić information content (AvgIpc) is 2.64. The van der Waals surface area contributed by atoms with Crippen LogP contribution in [0.3, 0.4) is 0 Å². The maximum Gasteiger partial charge on any atom is 0.251 e. The standard InChI is InChI=1S/C16H25N3O/c1-19(2)13-10-8-12(9-11-13)16(20)18-15-7-5-3-4-6-14(15)17/h8-11,14-15H,3-7,17H2,1-2H3,(H,18,20). The zero-order valence-electron chi connectivity index (χ0n) is 12.4. The van der Waals surface area contributed by atoms with E-state index in [0.29, 0.717) is 5.56 Å². The van der Waals surface area contributed by atoms with Crippen LogP contribution in [0, 0.1) is 0 Å². The van der Waals surface area contributed by atoms with Gasteiger partial charge in [0.05, 0.1) is 0 Å². The van der Waals surface area contributed by atoms with Gasteiger partial charge < -0.3 is 16.0 Å². The Morgan fingerprint density at radius 2 is 1.80 bits per heavy atom. The SMILES string of the molecule is CN(C)c1ccc(C(=O)NC2CCCCCC2N)cc1. The van der Waals surface area contributed by atoms with Gasteiger partial charge in [0, 0.05) is 37.4 Å². The lowest BCUT2D eigenvalue weighted by Crippen LogP contribution is -2.46. The Bertz CT molecular complexity index is 442. The number of nitrogens with zero attached hydrogens (tertiary/aromatic N) is 1. The molecule has 0 aromatic heterocycles. The van der Waals surface area contributed by atoms with E-state index in [9.17, 15) is 4.79 Å². The summed E-state index contributed by atoms with van der Waals surface area (Å²) in [6, 6.07) is 7.85. The van der Waals surface area contributed by atoms with Gasteiger partial charge in [-0.1, -0.05) is 19.3 Å². The van der Waals surface area contributed by atoms with Gasteiger partial charge in [0.15, 0.2) is 0 Å². The van der Waals surface area contributed by atoms with Crippen molar-refractivity contribution in [3.05, 3.63) is 29.8 Å². The molecule has 0 bridgehead atoms. The summed E-state index contributed by atoms with van der Waals surface area (Å²) in [6.45, 7) is 0. The highest BCUT2D eigenvalue weighted by Gasteiger charge is 2.22. The second-order valence-corrected chi connectivity index (χ2v) is 5.82. The summed E-state index contributed by atoms with van der Waals surface area (Å²) in [5.41, 5.74) is 7.94. The maximum absolute atomic E-state index is 12.3. The van der Waals surface area contributed by atoms with Crippen molar-refractivity contribution in [3.63, 3.8) is 0 Å². The Balaban J connectivity index is 1.99. The highest BCUT2D eigenvalue weighted by molar-refractivity contribution is 5.94. The molecule has 1 amide bonds. The molecule has 0 aliphatic heterocycles. The first-order valence-corrected chi connectivity index (χ1v) is 7.42. The zero-order valence-corrected chi connectivity index (χ0v) is 12.4. The van der Waals surface area contributed by atoms with Crippen molar-refractivity contribution in [1.82, 2.24) is 5.32 Å². The van der Waals surface area contributed by atoms with E-state index < -0.39 is 0 Å². The number of nitrogens with two attached hydrogens (primary N) is 1. The Kier molecular flexibility index (Phi) is 5.01. The number of benzene rings is 1. The number of nitrogens with one attached hydrogen (secondary N) is 1. The van der Waals surface area contributed by atoms with Crippen LogP contribution in [0.5, 0.6) is 0 Å². The van der Waals surface area contributed by atoms with Gasteiger partial charge in [0.25, 0.3) is 5.91 Å². The predicted octanol–water partition coefficient (Wildman–Crippen LogP) is 2.14. The third-order valence-electron chi connectivity index (χ3n) is 4.03. The lowest BCUT2D eigenvalue weighted by Gasteiger charge is -2.23. The molecule has 0 saturated heterocycles. The Morgan fingerprint density at radius 3 is 2.45 bits per heavy atom. The van der Waals surface area contributed by atoms with Gasteiger partial charge in [-0.15, -0.1) is 0 Å². The third kappa shape index (κ3) is 3.73. The van der Waals surface area contributed by atoms with Crippen LogP contribution >= 0.6 is 0 Å². The molecular weight excluding hydrogens is 250 g/mol. The van der Waals surface area contributed by atoms with Crippen LogP contribution in [0.1, 0.15) is 42.5 Å². The molecule has 4 nitrogen and oxygen atoms in total. The maximum atomic E-state index is 12.3. The molecule has 2 rings (SSSR count). The van der Waals surface area contributed by atoms with Crippen molar-refractivity contribution in [2.45, 2.75) is 44.2 Å². The number of carbonyl (C=O) groups excluding carboxylic acids is 1. The summed E-state index contributed by atoms with van der Waals surface area (Å²) in [5.74, 6) is -0.0161. The minimum absolute atomic E-state index is 0.0161. The number of rotatable bonds is 3. The fourth-order valence-electron chi connectivity index (χ4n) is 2.68. The van der Waals surface area contributed by atoms with E-state index in [1.54, 1.807) is 0 Å². The van der Waals surface area contributed by atoms with Gasteiger partial charge in [-0.3, -0.25) is 4.79 Å². The first-order chi connectivity index (χ1) is 9.58. The quantitative estimate of drug-likeness (QED) is 0.831. The second kappa shape index (κ2) is 6.75. The van der Waals surface area contributed by atoms with Crippen molar-refractivity contribution in [3.8, 4) is 0 Å². The summed E-state index contributed by atoms with van der Waals surface area (Å²) in [7, 11) is 3.97. The van der Waals surface area contributed by atoms with Gasteiger partial charge in [-0.2, -0.15) is 0 Å². The molecule has 0 spiro atoms. The normalized spacial score (nSPS) is 22.9. The fraction of sp³-hybridized carbons (Fsp3) is 0.562. The molecule has 2 atom stereocenters. The molecule has 0 radical (unpaired) electrons. The smallest absolute Gasteiger partial charge is 0.251 e. The summed E-state index contributed by atoms with van der Waals surface area (Å²) < 4.78 is 0. The fourth-order valence-corrected chi connectivity index (χ4v) is 2.68. The lowest BCUT2D eigenvalue weighted by atomic mass is 10.0. The topological polar surface area (TPSA) is 58.4 Å². The molecule has 1 aliphatic carbocycles. The van der Waals surface area contributed by atoms with Crippen LogP contribution in [0.4, 0.5) is 5.69 Å². The number of carbonyl (C=O) groups is 1. The minimum Gasteiger partial charge on any atom is -0.378 e. The van der Waals surface area contributed by atoms with Crippen LogP contribution in [-0.2, 0) is 0 Å². The van der Waals surface area contributed by atoms with E-state index in [1.807, 2.05) is 43.3 Å². The summed E-state index contributed by atoms with van der Waals surface area (Å²) in [5, 5.41) is 3.10. The van der Waals surface area contributed by atoms with Gasteiger partial charge >= 0.3 is 0 Å². The van der Waals surface area contributed by atoms with Crippen LogP contribution in [0.15, 0.2) is 24.3 Å². The summed E-state index contributed by atoms with van der Waals surface area (Å²) in [4.78, 5) is 14.3. The summed E-state index contributed by atoms with van der Waals surface area (Å²) >= 11 is 0. The van der Waals surface area contributed by atoms with Crippen LogP contribution < -0.4 is 16.0 Å². The Morgan fingerprint density at radius 1 is 1.15 bits per heavy atom. The van der Waals surface area contributed by atoms with Crippen LogP contribution in [0.25, 0.3) is 0 Å². The Hall–Kier alpha value is -1.55. The van der Waals surface area contributed by atoms with E-state index in [0.717, 1.165) is 24.9 Å². The van der Waals surface area contributed by atoms with Crippen molar-refractivity contribution < 1.29 is 4.79 Å². The average molecular weight is 275 g/mol. The summed E-state index contributed by atoms with van der Waals surface area (Å²) in [6.07, 6.45) is 5.54. The van der Waals surface area contributed by atoms with E-state index >= 15 is 0 Å². The lowest BCUT2D eigenvalue weighted by molar-refractivity contribution is 0.0929. The molecule has 0 heterocycles. The molecule has 1 saturated carbocycles. The van der Waals surface area contributed by atoms with Crippen LogP contribution in [-0.4, -0.2) is 32.1 Å². The number of amides is 1.